The van der Waals surface area contributed by atoms with Gasteiger partial charge in [-0.3, -0.25) is 4.79 Å². The van der Waals surface area contributed by atoms with Gasteiger partial charge >= 0.3 is 5.97 Å². The number of ether oxygens (including phenoxy) is 1. The van der Waals surface area contributed by atoms with Gasteiger partial charge in [0.15, 0.2) is 0 Å². The van der Waals surface area contributed by atoms with E-state index in [1.54, 1.807) is 12.1 Å². The van der Waals surface area contributed by atoms with E-state index in [0.717, 1.165) is 29.9 Å². The second-order valence-electron chi connectivity index (χ2n) is 4.48. The van der Waals surface area contributed by atoms with Gasteiger partial charge in [-0.15, -0.1) is 0 Å². The maximum absolute atomic E-state index is 11.7. The molecule has 0 unspecified atom stereocenters. The minimum atomic E-state index is -1.45. The van der Waals surface area contributed by atoms with Crippen LogP contribution in [0.25, 0.3) is 0 Å². The van der Waals surface area contributed by atoms with Crippen molar-refractivity contribution >= 4 is 23.5 Å². The minimum Gasteiger partial charge on any atom is -0.496 e. The third-order valence-electron chi connectivity index (χ3n) is 3.36. The third kappa shape index (κ3) is 3.10. The first-order chi connectivity index (χ1) is 9.13. The molecular weight excluding hydrogens is 264 g/mol. The van der Waals surface area contributed by atoms with E-state index in [2.05, 4.69) is 0 Å². The number of Topliss-reactive ketones (excluding diaryl/α,β-unsaturated/α-hetero) is 1. The molecule has 1 saturated heterocycles. The van der Waals surface area contributed by atoms with E-state index in [1.165, 1.54) is 7.11 Å². The van der Waals surface area contributed by atoms with Crippen LogP contribution >= 0.6 is 11.8 Å². The number of thioether (sulfide) groups is 1. The summed E-state index contributed by atoms with van der Waals surface area (Å²) in [5.74, 6) is 0.588. The smallest absolute Gasteiger partial charge is 0.377 e. The van der Waals surface area contributed by atoms with Crippen molar-refractivity contribution in [1.82, 2.24) is 0 Å². The van der Waals surface area contributed by atoms with Gasteiger partial charge in [0.1, 0.15) is 5.75 Å². The molecule has 1 heterocycles. The Kier molecular flexibility index (Phi) is 4.47. The lowest BCUT2D eigenvalue weighted by Crippen LogP contribution is -2.15. The molecule has 1 aromatic carbocycles. The van der Waals surface area contributed by atoms with Crippen molar-refractivity contribution in [3.05, 3.63) is 29.3 Å². The first-order valence-corrected chi connectivity index (χ1v) is 7.32. The van der Waals surface area contributed by atoms with Crippen LogP contribution in [-0.4, -0.2) is 35.5 Å². The lowest BCUT2D eigenvalue weighted by molar-refractivity contribution is -0.131. The quantitative estimate of drug-likeness (QED) is 0.678. The molecule has 0 atom stereocenters. The van der Waals surface area contributed by atoms with E-state index < -0.39 is 11.8 Å². The van der Waals surface area contributed by atoms with Crippen LogP contribution in [0.5, 0.6) is 5.75 Å². The summed E-state index contributed by atoms with van der Waals surface area (Å²) in [6, 6.07) is 5.29. The summed E-state index contributed by atoms with van der Waals surface area (Å²) in [6.45, 7) is 0. The number of hydrogen-bond donors (Lipinski definition) is 1. The fourth-order valence-corrected chi connectivity index (χ4v) is 3.41. The molecule has 1 N–H and O–H groups in total. The molecule has 0 radical (unpaired) electrons. The number of carbonyl (C=O) groups excluding carboxylic acids is 1. The van der Waals surface area contributed by atoms with Gasteiger partial charge in [0.2, 0.25) is 0 Å². The van der Waals surface area contributed by atoms with E-state index >= 15 is 0 Å². The Morgan fingerprint density at radius 2 is 2.00 bits per heavy atom. The van der Waals surface area contributed by atoms with Gasteiger partial charge in [0.25, 0.3) is 5.78 Å². The SMILES string of the molecule is COc1ccc(C2CCSCC2)cc1C(=O)C(=O)O. The van der Waals surface area contributed by atoms with E-state index in [9.17, 15) is 9.59 Å². The molecule has 1 aromatic rings. The maximum Gasteiger partial charge on any atom is 0.377 e. The Morgan fingerprint density at radius 1 is 1.32 bits per heavy atom. The van der Waals surface area contributed by atoms with Gasteiger partial charge in [0.05, 0.1) is 12.7 Å². The minimum absolute atomic E-state index is 0.144. The second-order valence-corrected chi connectivity index (χ2v) is 5.71. The highest BCUT2D eigenvalue weighted by Gasteiger charge is 2.22. The Balaban J connectivity index is 2.34. The summed E-state index contributed by atoms with van der Waals surface area (Å²) in [4.78, 5) is 22.5. The van der Waals surface area contributed by atoms with Crippen molar-refractivity contribution in [2.75, 3.05) is 18.6 Å². The van der Waals surface area contributed by atoms with Crippen molar-refractivity contribution in [3.8, 4) is 5.75 Å². The van der Waals surface area contributed by atoms with Gasteiger partial charge in [-0.25, -0.2) is 4.79 Å². The number of carbonyl (C=O) groups is 2. The monoisotopic (exact) mass is 280 g/mol. The van der Waals surface area contributed by atoms with Crippen molar-refractivity contribution in [3.63, 3.8) is 0 Å². The molecule has 1 fully saturated rings. The second kappa shape index (κ2) is 6.10. The van der Waals surface area contributed by atoms with Gasteiger partial charge in [-0.2, -0.15) is 11.8 Å². The highest BCUT2D eigenvalue weighted by molar-refractivity contribution is 7.99. The first kappa shape index (κ1) is 13.9. The number of carboxylic acid groups (broad SMARTS) is 1. The fourth-order valence-electron chi connectivity index (χ4n) is 2.30. The number of rotatable bonds is 4. The van der Waals surface area contributed by atoms with Gasteiger partial charge < -0.3 is 9.84 Å². The predicted octanol–water partition coefficient (Wildman–Crippen LogP) is 2.57. The number of hydrogen-bond acceptors (Lipinski definition) is 4. The number of benzene rings is 1. The van der Waals surface area contributed by atoms with Gasteiger partial charge in [0, 0.05) is 0 Å². The highest BCUT2D eigenvalue weighted by Crippen LogP contribution is 2.33. The Morgan fingerprint density at radius 3 is 2.58 bits per heavy atom. The predicted molar refractivity (Wildman–Crippen MR) is 74.3 cm³/mol. The van der Waals surface area contributed by atoms with Crippen LogP contribution in [-0.2, 0) is 4.79 Å². The molecule has 1 aliphatic heterocycles. The van der Waals surface area contributed by atoms with Crippen molar-refractivity contribution in [2.24, 2.45) is 0 Å². The van der Waals surface area contributed by atoms with Crippen LogP contribution in [0.15, 0.2) is 18.2 Å². The first-order valence-electron chi connectivity index (χ1n) is 6.16. The molecule has 19 heavy (non-hydrogen) atoms. The maximum atomic E-state index is 11.7. The Hall–Kier alpha value is -1.49. The number of aliphatic carboxylic acids is 1. The van der Waals surface area contributed by atoms with Crippen LogP contribution in [0.2, 0.25) is 0 Å². The molecule has 0 aromatic heterocycles. The summed E-state index contributed by atoms with van der Waals surface area (Å²) in [5.41, 5.74) is 1.18. The average molecular weight is 280 g/mol. The number of methoxy groups -OCH3 is 1. The molecule has 102 valence electrons. The van der Waals surface area contributed by atoms with Crippen molar-refractivity contribution in [1.29, 1.82) is 0 Å². The zero-order valence-electron chi connectivity index (χ0n) is 10.7. The van der Waals surface area contributed by atoms with E-state index in [4.69, 9.17) is 9.84 Å². The molecule has 5 heteroatoms. The molecule has 1 aliphatic rings. The number of carboxylic acids is 1. The fraction of sp³-hybridized carbons (Fsp3) is 0.429. The van der Waals surface area contributed by atoms with Crippen LogP contribution in [0.1, 0.15) is 34.7 Å². The molecule has 0 bridgehead atoms. The number of ketones is 1. The summed E-state index contributed by atoms with van der Waals surface area (Å²) >= 11 is 1.93. The molecule has 4 nitrogen and oxygen atoms in total. The standard InChI is InChI=1S/C14H16O4S/c1-18-12-3-2-10(9-4-6-19-7-5-9)8-11(12)13(15)14(16)17/h2-3,8-9H,4-7H2,1H3,(H,16,17). The summed E-state index contributed by atoms with van der Waals surface area (Å²) in [5, 5.41) is 8.85. The van der Waals surface area contributed by atoms with E-state index in [0.29, 0.717) is 11.7 Å². The van der Waals surface area contributed by atoms with Crippen LogP contribution in [0, 0.1) is 0 Å². The largest absolute Gasteiger partial charge is 0.496 e. The lowest BCUT2D eigenvalue weighted by Gasteiger charge is -2.22. The molecule has 0 amide bonds. The van der Waals surface area contributed by atoms with Crippen LogP contribution in [0.4, 0.5) is 0 Å². The lowest BCUT2D eigenvalue weighted by atomic mass is 9.91. The summed E-state index contributed by atoms with van der Waals surface area (Å²) in [6.07, 6.45) is 2.13. The molecule has 0 aliphatic carbocycles. The van der Waals surface area contributed by atoms with E-state index in [1.807, 2.05) is 17.8 Å². The topological polar surface area (TPSA) is 63.6 Å². The molecule has 0 spiro atoms. The van der Waals surface area contributed by atoms with E-state index in [-0.39, 0.29) is 5.56 Å². The normalized spacial score (nSPS) is 16.1. The molecular formula is C14H16O4S. The molecule has 0 saturated carbocycles. The zero-order chi connectivity index (χ0) is 13.8. The van der Waals surface area contributed by atoms with Gasteiger partial charge in [-0.1, -0.05) is 6.07 Å². The Labute approximate surface area is 116 Å². The summed E-state index contributed by atoms with van der Waals surface area (Å²) < 4.78 is 5.07. The van der Waals surface area contributed by atoms with Crippen LogP contribution in [0.3, 0.4) is 0 Å². The summed E-state index contributed by atoms with van der Waals surface area (Å²) in [7, 11) is 1.44. The van der Waals surface area contributed by atoms with Gasteiger partial charge in [-0.05, 0) is 48.0 Å². The zero-order valence-corrected chi connectivity index (χ0v) is 11.5. The average Bonchev–Trinajstić information content (AvgIpc) is 2.46. The van der Waals surface area contributed by atoms with Crippen molar-refractivity contribution < 1.29 is 19.4 Å². The van der Waals surface area contributed by atoms with Crippen molar-refractivity contribution in [2.45, 2.75) is 18.8 Å². The molecule has 2 rings (SSSR count). The van der Waals surface area contributed by atoms with Crippen LogP contribution < -0.4 is 4.74 Å². The Bertz CT molecular complexity index is 492. The third-order valence-corrected chi connectivity index (χ3v) is 4.40. The highest BCUT2D eigenvalue weighted by atomic mass is 32.2.